The van der Waals surface area contributed by atoms with Crippen LogP contribution in [0.5, 0.6) is 0 Å². The standard InChI is InChI=1S/C23H35F3N2O2/c1-22(10-2-11-22)21(29)28-20-14-27-19-8-7-17(13-18(19)20)30-12-9-15-3-5-16(6-4-15)23(24,25)26/h14-19,27H,2-13H2,1H3,(H,28,29). The van der Waals surface area contributed by atoms with Crippen molar-refractivity contribution in [1.29, 1.82) is 0 Å². The summed E-state index contributed by atoms with van der Waals surface area (Å²) in [6, 6.07) is 0.368. The van der Waals surface area contributed by atoms with Crippen LogP contribution in [0, 0.1) is 23.2 Å². The summed E-state index contributed by atoms with van der Waals surface area (Å²) in [5.41, 5.74) is 0.783. The third-order valence-electron chi connectivity index (χ3n) is 8.11. The van der Waals surface area contributed by atoms with Crippen molar-refractivity contribution in [2.45, 2.75) is 95.9 Å². The first-order valence-corrected chi connectivity index (χ1v) is 11.7. The molecule has 170 valence electrons. The van der Waals surface area contributed by atoms with Crippen molar-refractivity contribution < 1.29 is 22.7 Å². The second kappa shape index (κ2) is 8.71. The molecule has 4 rings (SSSR count). The number of carbonyl (C=O) groups is 1. The van der Waals surface area contributed by atoms with Crippen molar-refractivity contribution in [3.8, 4) is 0 Å². The van der Waals surface area contributed by atoms with Gasteiger partial charge in [-0.25, -0.2) is 0 Å². The molecular formula is C23H35F3N2O2. The molecule has 3 unspecified atom stereocenters. The first kappa shape index (κ1) is 22.0. The Hall–Kier alpha value is -1.24. The van der Waals surface area contributed by atoms with Crippen molar-refractivity contribution in [3.63, 3.8) is 0 Å². The Bertz CT molecular complexity index is 651. The summed E-state index contributed by atoms with van der Waals surface area (Å²) in [7, 11) is 0. The van der Waals surface area contributed by atoms with E-state index in [9.17, 15) is 18.0 Å². The summed E-state index contributed by atoms with van der Waals surface area (Å²) in [5, 5.41) is 6.60. The van der Waals surface area contributed by atoms with Gasteiger partial charge in [0.05, 0.1) is 12.0 Å². The van der Waals surface area contributed by atoms with Gasteiger partial charge in [0.25, 0.3) is 0 Å². The van der Waals surface area contributed by atoms with E-state index in [2.05, 4.69) is 10.6 Å². The Labute approximate surface area is 177 Å². The molecule has 0 saturated heterocycles. The molecule has 1 heterocycles. The zero-order chi connectivity index (χ0) is 21.4. The fourth-order valence-electron chi connectivity index (χ4n) is 5.66. The van der Waals surface area contributed by atoms with E-state index in [1.165, 1.54) is 0 Å². The maximum Gasteiger partial charge on any atom is 0.391 e. The van der Waals surface area contributed by atoms with Crippen LogP contribution in [0.3, 0.4) is 0 Å². The lowest BCUT2D eigenvalue weighted by Crippen LogP contribution is -2.45. The van der Waals surface area contributed by atoms with Crippen LogP contribution in [-0.2, 0) is 9.53 Å². The number of carbonyl (C=O) groups excluding carboxylic acids is 1. The molecule has 1 aliphatic heterocycles. The van der Waals surface area contributed by atoms with Crippen LogP contribution in [0.25, 0.3) is 0 Å². The van der Waals surface area contributed by atoms with Crippen molar-refractivity contribution in [1.82, 2.24) is 10.6 Å². The van der Waals surface area contributed by atoms with Crippen LogP contribution in [0.2, 0.25) is 0 Å². The average Bonchev–Trinajstić information content (AvgIpc) is 3.08. The van der Waals surface area contributed by atoms with E-state index in [0.29, 0.717) is 31.4 Å². The Morgan fingerprint density at radius 2 is 1.93 bits per heavy atom. The quantitative estimate of drug-likeness (QED) is 0.622. The highest BCUT2D eigenvalue weighted by molar-refractivity contribution is 5.84. The van der Waals surface area contributed by atoms with Crippen molar-refractivity contribution in [3.05, 3.63) is 11.9 Å². The van der Waals surface area contributed by atoms with Gasteiger partial charge in [-0.1, -0.05) is 13.3 Å². The van der Waals surface area contributed by atoms with E-state index in [4.69, 9.17) is 4.74 Å². The third kappa shape index (κ3) is 4.81. The summed E-state index contributed by atoms with van der Waals surface area (Å²) < 4.78 is 44.6. The van der Waals surface area contributed by atoms with Crippen LogP contribution in [-0.4, -0.2) is 30.8 Å². The number of hydrogen-bond donors (Lipinski definition) is 2. The van der Waals surface area contributed by atoms with Crippen molar-refractivity contribution in [2.24, 2.45) is 23.2 Å². The Balaban J connectivity index is 1.19. The first-order chi connectivity index (χ1) is 14.2. The predicted octanol–water partition coefficient (Wildman–Crippen LogP) is 5.05. The maximum atomic E-state index is 12.8. The molecule has 4 aliphatic rings. The molecule has 0 radical (unpaired) electrons. The van der Waals surface area contributed by atoms with Gasteiger partial charge in [0.1, 0.15) is 0 Å². The zero-order valence-electron chi connectivity index (χ0n) is 17.9. The zero-order valence-corrected chi connectivity index (χ0v) is 17.9. The molecular weight excluding hydrogens is 393 g/mol. The minimum atomic E-state index is -4.04. The molecule has 0 aromatic heterocycles. The highest BCUT2D eigenvalue weighted by Crippen LogP contribution is 2.42. The second-order valence-electron chi connectivity index (χ2n) is 10.2. The molecule has 3 saturated carbocycles. The lowest BCUT2D eigenvalue weighted by molar-refractivity contribution is -0.184. The van der Waals surface area contributed by atoms with E-state index in [-0.39, 0.29) is 36.2 Å². The highest BCUT2D eigenvalue weighted by atomic mass is 19.4. The Morgan fingerprint density at radius 1 is 1.20 bits per heavy atom. The molecule has 4 nitrogen and oxygen atoms in total. The van der Waals surface area contributed by atoms with E-state index in [0.717, 1.165) is 50.6 Å². The average molecular weight is 429 g/mol. The number of alkyl halides is 3. The van der Waals surface area contributed by atoms with Crippen LogP contribution in [0.1, 0.15) is 77.6 Å². The maximum absolute atomic E-state index is 12.8. The van der Waals surface area contributed by atoms with Crippen LogP contribution < -0.4 is 10.6 Å². The van der Waals surface area contributed by atoms with Crippen LogP contribution in [0.4, 0.5) is 13.2 Å². The van der Waals surface area contributed by atoms with Crippen molar-refractivity contribution >= 4 is 5.91 Å². The fourth-order valence-corrected chi connectivity index (χ4v) is 5.66. The van der Waals surface area contributed by atoms with E-state index >= 15 is 0 Å². The van der Waals surface area contributed by atoms with Gasteiger partial charge in [-0.2, -0.15) is 13.2 Å². The summed E-state index contributed by atoms with van der Waals surface area (Å²) in [4.78, 5) is 12.6. The molecule has 0 spiro atoms. The normalized spacial score (nSPS) is 35.6. The molecule has 0 bridgehead atoms. The molecule has 2 N–H and O–H groups in total. The minimum Gasteiger partial charge on any atom is -0.386 e. The summed E-state index contributed by atoms with van der Waals surface area (Å²) in [6.07, 6.45) is 6.73. The monoisotopic (exact) mass is 428 g/mol. The van der Waals surface area contributed by atoms with E-state index < -0.39 is 12.1 Å². The minimum absolute atomic E-state index is 0.139. The van der Waals surface area contributed by atoms with Gasteiger partial charge >= 0.3 is 6.18 Å². The number of hydrogen-bond acceptors (Lipinski definition) is 3. The van der Waals surface area contributed by atoms with Crippen LogP contribution in [0.15, 0.2) is 11.9 Å². The van der Waals surface area contributed by atoms with Gasteiger partial charge in [0.2, 0.25) is 5.91 Å². The molecule has 0 aromatic rings. The number of amides is 1. The lowest BCUT2D eigenvalue weighted by atomic mass is 9.69. The van der Waals surface area contributed by atoms with Gasteiger partial charge in [-0.3, -0.25) is 4.79 Å². The predicted molar refractivity (Wildman–Crippen MR) is 108 cm³/mol. The SMILES string of the molecule is CC1(C(=O)NC2=CNC3CCC(OCCC4CCC(C(F)(F)F)CC4)CC23)CCC1. The number of rotatable bonds is 6. The first-order valence-electron chi connectivity index (χ1n) is 11.7. The number of nitrogens with one attached hydrogen (secondary N) is 2. The third-order valence-corrected chi connectivity index (χ3v) is 8.11. The summed E-state index contributed by atoms with van der Waals surface area (Å²) in [6.45, 7) is 2.67. The Kier molecular flexibility index (Phi) is 6.38. The Morgan fingerprint density at radius 3 is 2.57 bits per heavy atom. The molecule has 30 heavy (non-hydrogen) atoms. The molecule has 0 aromatic carbocycles. The van der Waals surface area contributed by atoms with Gasteiger partial charge in [-0.15, -0.1) is 0 Å². The van der Waals surface area contributed by atoms with Crippen LogP contribution >= 0.6 is 0 Å². The molecule has 3 aliphatic carbocycles. The van der Waals surface area contributed by atoms with Gasteiger partial charge in [0, 0.05) is 35.9 Å². The smallest absolute Gasteiger partial charge is 0.386 e. The summed E-state index contributed by atoms with van der Waals surface area (Å²) >= 11 is 0. The molecule has 1 amide bonds. The highest BCUT2D eigenvalue weighted by Gasteiger charge is 2.43. The van der Waals surface area contributed by atoms with E-state index in [1.54, 1.807) is 0 Å². The number of halogens is 3. The van der Waals surface area contributed by atoms with Crippen molar-refractivity contribution in [2.75, 3.05) is 6.61 Å². The van der Waals surface area contributed by atoms with Gasteiger partial charge < -0.3 is 15.4 Å². The molecule has 7 heteroatoms. The number of ether oxygens (including phenoxy) is 1. The second-order valence-corrected chi connectivity index (χ2v) is 10.2. The topological polar surface area (TPSA) is 50.4 Å². The fraction of sp³-hybridized carbons (Fsp3) is 0.870. The molecule has 3 atom stereocenters. The molecule has 3 fully saturated rings. The lowest BCUT2D eigenvalue weighted by Gasteiger charge is -2.38. The van der Waals surface area contributed by atoms with Gasteiger partial charge in [-0.05, 0) is 70.1 Å². The largest absolute Gasteiger partial charge is 0.391 e. The summed E-state index contributed by atoms with van der Waals surface area (Å²) in [5.74, 6) is -0.341. The number of fused-ring (bicyclic) bond motifs is 1. The van der Waals surface area contributed by atoms with E-state index in [1.807, 2.05) is 13.1 Å². The van der Waals surface area contributed by atoms with Gasteiger partial charge in [0.15, 0.2) is 0 Å².